The van der Waals surface area contributed by atoms with Crippen LogP contribution in [0.3, 0.4) is 0 Å². The summed E-state index contributed by atoms with van der Waals surface area (Å²) in [5, 5.41) is 17.0. The van der Waals surface area contributed by atoms with Crippen LogP contribution in [0.5, 0.6) is 5.75 Å². The van der Waals surface area contributed by atoms with Crippen LogP contribution < -0.4 is 15.4 Å². The molecule has 7 heteroatoms. The van der Waals surface area contributed by atoms with Crippen LogP contribution in [0.2, 0.25) is 0 Å². The van der Waals surface area contributed by atoms with Gasteiger partial charge < -0.3 is 15.4 Å². The topological polar surface area (TPSA) is 88.8 Å². The van der Waals surface area contributed by atoms with Gasteiger partial charge in [-0.25, -0.2) is 4.99 Å². The predicted octanol–water partition coefficient (Wildman–Crippen LogP) is 3.04. The highest BCUT2D eigenvalue weighted by molar-refractivity contribution is 5.79. The number of benzene rings is 2. The van der Waals surface area contributed by atoms with Crippen molar-refractivity contribution in [2.75, 3.05) is 19.7 Å². The molecule has 0 saturated carbocycles. The lowest BCUT2D eigenvalue weighted by atomic mass is 10.2. The van der Waals surface area contributed by atoms with E-state index in [4.69, 9.17) is 4.74 Å². The first-order chi connectivity index (χ1) is 12.6. The number of hydrogen-bond acceptors (Lipinski definition) is 4. The smallest absolute Gasteiger partial charge is 0.269 e. The van der Waals surface area contributed by atoms with Gasteiger partial charge in [-0.1, -0.05) is 29.8 Å². The van der Waals surface area contributed by atoms with Crippen molar-refractivity contribution < 1.29 is 9.66 Å². The van der Waals surface area contributed by atoms with Crippen molar-refractivity contribution in [3.05, 3.63) is 69.8 Å². The Morgan fingerprint density at radius 3 is 2.42 bits per heavy atom. The van der Waals surface area contributed by atoms with Gasteiger partial charge >= 0.3 is 0 Å². The minimum atomic E-state index is -0.410. The quantitative estimate of drug-likeness (QED) is 0.249. The number of non-ortho nitro benzene ring substituents is 1. The van der Waals surface area contributed by atoms with Gasteiger partial charge in [-0.2, -0.15) is 0 Å². The Kier molecular flexibility index (Phi) is 7.42. The number of nitro groups is 1. The van der Waals surface area contributed by atoms with Crippen molar-refractivity contribution in [3.8, 4) is 5.75 Å². The number of nitrogens with zero attached hydrogens (tertiary/aromatic N) is 2. The molecule has 0 aliphatic rings. The van der Waals surface area contributed by atoms with Gasteiger partial charge in [-0.15, -0.1) is 0 Å². The van der Waals surface area contributed by atoms with E-state index >= 15 is 0 Å². The molecule has 2 aromatic rings. The summed E-state index contributed by atoms with van der Waals surface area (Å²) in [6, 6.07) is 14.3. The summed E-state index contributed by atoms with van der Waals surface area (Å²) in [6.45, 7) is 6.34. The fraction of sp³-hybridized carbons (Fsp3) is 0.316. The van der Waals surface area contributed by atoms with Gasteiger partial charge in [0.2, 0.25) is 0 Å². The van der Waals surface area contributed by atoms with Gasteiger partial charge in [-0.3, -0.25) is 10.1 Å². The van der Waals surface area contributed by atoms with E-state index in [1.165, 1.54) is 17.7 Å². The Morgan fingerprint density at radius 1 is 1.12 bits per heavy atom. The molecule has 0 spiro atoms. The summed E-state index contributed by atoms with van der Waals surface area (Å²) in [4.78, 5) is 14.7. The number of hydrogen-bond donors (Lipinski definition) is 2. The van der Waals surface area contributed by atoms with E-state index < -0.39 is 4.92 Å². The summed E-state index contributed by atoms with van der Waals surface area (Å²) in [5.74, 6) is 1.52. The second-order valence-corrected chi connectivity index (χ2v) is 5.71. The van der Waals surface area contributed by atoms with Crippen LogP contribution in [-0.2, 0) is 6.54 Å². The van der Waals surface area contributed by atoms with Gasteiger partial charge in [-0.05, 0) is 31.5 Å². The molecular formula is C19H24N4O3. The third-order valence-corrected chi connectivity index (χ3v) is 3.60. The zero-order chi connectivity index (χ0) is 18.8. The van der Waals surface area contributed by atoms with E-state index in [-0.39, 0.29) is 5.69 Å². The summed E-state index contributed by atoms with van der Waals surface area (Å²) >= 11 is 0. The van der Waals surface area contributed by atoms with E-state index in [1.54, 1.807) is 12.1 Å². The largest absolute Gasteiger partial charge is 0.492 e. The molecule has 0 bridgehead atoms. The van der Waals surface area contributed by atoms with Crippen molar-refractivity contribution in [1.82, 2.24) is 10.6 Å². The van der Waals surface area contributed by atoms with Crippen LogP contribution in [0.15, 0.2) is 53.5 Å². The number of nitro benzene ring substituents is 1. The molecule has 0 unspecified atom stereocenters. The number of rotatable bonds is 8. The minimum Gasteiger partial charge on any atom is -0.492 e. The summed E-state index contributed by atoms with van der Waals surface area (Å²) in [5.41, 5.74) is 2.18. The number of aryl methyl sites for hydroxylation is 1. The standard InChI is InChI=1S/C19H24N4O3/c1-3-20-19(21-12-13-26-18-10-4-15(2)5-11-18)22-14-16-6-8-17(9-7-16)23(24)25/h4-11H,3,12-14H2,1-2H3,(H2,20,21,22). The van der Waals surface area contributed by atoms with Crippen molar-refractivity contribution in [1.29, 1.82) is 0 Å². The van der Waals surface area contributed by atoms with Crippen molar-refractivity contribution >= 4 is 11.6 Å². The highest BCUT2D eigenvalue weighted by Gasteiger charge is 2.04. The van der Waals surface area contributed by atoms with Crippen LogP contribution in [0.25, 0.3) is 0 Å². The Balaban J connectivity index is 1.81. The maximum Gasteiger partial charge on any atom is 0.269 e. The van der Waals surface area contributed by atoms with E-state index in [0.29, 0.717) is 25.7 Å². The molecule has 0 aromatic heterocycles. The van der Waals surface area contributed by atoms with Crippen LogP contribution in [-0.4, -0.2) is 30.6 Å². The highest BCUT2D eigenvalue weighted by atomic mass is 16.6. The summed E-state index contributed by atoms with van der Waals surface area (Å²) < 4.78 is 5.68. The molecule has 2 N–H and O–H groups in total. The zero-order valence-electron chi connectivity index (χ0n) is 15.1. The van der Waals surface area contributed by atoms with Crippen molar-refractivity contribution in [2.24, 2.45) is 4.99 Å². The number of aliphatic imine (C=N–C) groups is 1. The lowest BCUT2D eigenvalue weighted by Gasteiger charge is -2.12. The minimum absolute atomic E-state index is 0.0796. The van der Waals surface area contributed by atoms with Crippen molar-refractivity contribution in [3.63, 3.8) is 0 Å². The van der Waals surface area contributed by atoms with Gasteiger partial charge in [0.1, 0.15) is 12.4 Å². The fourth-order valence-electron chi connectivity index (χ4n) is 2.21. The molecule has 0 radical (unpaired) electrons. The molecule has 138 valence electrons. The molecule has 0 atom stereocenters. The maximum absolute atomic E-state index is 10.7. The van der Waals surface area contributed by atoms with Crippen LogP contribution >= 0.6 is 0 Å². The zero-order valence-corrected chi connectivity index (χ0v) is 15.1. The average Bonchev–Trinajstić information content (AvgIpc) is 2.65. The summed E-state index contributed by atoms with van der Waals surface area (Å²) in [6.07, 6.45) is 0. The Labute approximate surface area is 153 Å². The average molecular weight is 356 g/mol. The van der Waals surface area contributed by atoms with E-state index in [1.807, 2.05) is 38.1 Å². The van der Waals surface area contributed by atoms with Crippen LogP contribution in [0, 0.1) is 17.0 Å². The first kappa shape index (κ1) is 19.2. The third kappa shape index (κ3) is 6.43. The Morgan fingerprint density at radius 2 is 1.81 bits per heavy atom. The molecule has 0 saturated heterocycles. The molecule has 0 aliphatic heterocycles. The van der Waals surface area contributed by atoms with E-state index in [0.717, 1.165) is 17.9 Å². The number of nitrogens with one attached hydrogen (secondary N) is 2. The molecule has 26 heavy (non-hydrogen) atoms. The predicted molar refractivity (Wildman–Crippen MR) is 103 cm³/mol. The molecular weight excluding hydrogens is 332 g/mol. The molecule has 0 aliphatic carbocycles. The molecule has 2 aromatic carbocycles. The Hall–Kier alpha value is -3.09. The third-order valence-electron chi connectivity index (χ3n) is 3.60. The number of ether oxygens (including phenoxy) is 1. The van der Waals surface area contributed by atoms with Gasteiger partial charge in [0.25, 0.3) is 5.69 Å². The van der Waals surface area contributed by atoms with Crippen LogP contribution in [0.4, 0.5) is 5.69 Å². The second-order valence-electron chi connectivity index (χ2n) is 5.71. The first-order valence-electron chi connectivity index (χ1n) is 8.53. The molecule has 0 amide bonds. The molecule has 2 rings (SSSR count). The molecule has 0 heterocycles. The SMILES string of the molecule is CCNC(=NCc1ccc([N+](=O)[O-])cc1)NCCOc1ccc(C)cc1. The lowest BCUT2D eigenvalue weighted by Crippen LogP contribution is -2.39. The number of guanidine groups is 1. The highest BCUT2D eigenvalue weighted by Crippen LogP contribution is 2.12. The monoisotopic (exact) mass is 356 g/mol. The van der Waals surface area contributed by atoms with Gasteiger partial charge in [0.15, 0.2) is 5.96 Å². The summed E-state index contributed by atoms with van der Waals surface area (Å²) in [7, 11) is 0. The van der Waals surface area contributed by atoms with Crippen LogP contribution in [0.1, 0.15) is 18.1 Å². The maximum atomic E-state index is 10.7. The lowest BCUT2D eigenvalue weighted by molar-refractivity contribution is -0.384. The van der Waals surface area contributed by atoms with E-state index in [9.17, 15) is 10.1 Å². The molecule has 0 fully saturated rings. The molecule has 7 nitrogen and oxygen atoms in total. The second kappa shape index (κ2) is 10.0. The fourth-order valence-corrected chi connectivity index (χ4v) is 2.21. The van der Waals surface area contributed by atoms with Gasteiger partial charge in [0.05, 0.1) is 18.0 Å². The van der Waals surface area contributed by atoms with Crippen molar-refractivity contribution in [2.45, 2.75) is 20.4 Å². The normalized spacial score (nSPS) is 11.1. The Bertz CT molecular complexity index is 727. The first-order valence-corrected chi connectivity index (χ1v) is 8.53. The van der Waals surface area contributed by atoms with Gasteiger partial charge in [0, 0.05) is 18.7 Å². The van der Waals surface area contributed by atoms with E-state index in [2.05, 4.69) is 15.6 Å².